The number of halogens is 4. The van der Waals surface area contributed by atoms with Crippen molar-refractivity contribution in [1.82, 2.24) is 5.32 Å². The van der Waals surface area contributed by atoms with Gasteiger partial charge in [-0.2, -0.15) is 13.2 Å². The van der Waals surface area contributed by atoms with Crippen molar-refractivity contribution >= 4 is 38.6 Å². The van der Waals surface area contributed by atoms with Crippen LogP contribution in [0, 0.1) is 0 Å². The zero-order valence-electron chi connectivity index (χ0n) is 18.4. The van der Waals surface area contributed by atoms with E-state index < -0.39 is 33.1 Å². The largest absolute Gasteiger partial charge is 0.485 e. The summed E-state index contributed by atoms with van der Waals surface area (Å²) in [7, 11) is -4.16. The third kappa shape index (κ3) is 5.75. The van der Waals surface area contributed by atoms with E-state index in [0.717, 1.165) is 29.5 Å². The first-order chi connectivity index (χ1) is 16.4. The van der Waals surface area contributed by atoms with E-state index in [-0.39, 0.29) is 21.5 Å². The van der Waals surface area contributed by atoms with Crippen LogP contribution < -0.4 is 14.8 Å². The Morgan fingerprint density at radius 1 is 1.23 bits per heavy atom. The number of sulfonamides is 1. The SMILES string of the molecule is C[C@@]1(Oc2cc(NS(=O)(=O)c3cc(Cl)c(-c4cccc(CO)c4)s3)ccc2C(F)(F)F)CCNC1. The van der Waals surface area contributed by atoms with Gasteiger partial charge in [0.25, 0.3) is 10.0 Å². The minimum atomic E-state index is -4.67. The number of alkyl halides is 3. The Kier molecular flexibility index (Phi) is 7.09. The number of benzene rings is 2. The third-order valence-corrected chi connectivity index (χ3v) is 8.98. The molecular weight excluding hydrogens is 525 g/mol. The van der Waals surface area contributed by atoms with E-state index >= 15 is 0 Å². The Balaban J connectivity index is 1.65. The maximum absolute atomic E-state index is 13.6. The summed E-state index contributed by atoms with van der Waals surface area (Å²) in [5.41, 5.74) is -0.638. The first kappa shape index (κ1) is 25.8. The molecule has 3 aromatic rings. The summed E-state index contributed by atoms with van der Waals surface area (Å²) in [4.78, 5) is 0.487. The number of aliphatic hydroxyl groups is 1. The van der Waals surface area contributed by atoms with Gasteiger partial charge < -0.3 is 15.2 Å². The van der Waals surface area contributed by atoms with E-state index in [1.807, 2.05) is 0 Å². The highest BCUT2D eigenvalue weighted by atomic mass is 35.5. The highest BCUT2D eigenvalue weighted by Crippen LogP contribution is 2.42. The molecule has 1 aromatic heterocycles. The van der Waals surface area contributed by atoms with Gasteiger partial charge in [0.2, 0.25) is 0 Å². The summed E-state index contributed by atoms with van der Waals surface area (Å²) in [6.45, 7) is 2.49. The average Bonchev–Trinajstić information content (AvgIpc) is 3.39. The van der Waals surface area contributed by atoms with Gasteiger partial charge in [0.15, 0.2) is 0 Å². The van der Waals surface area contributed by atoms with E-state index in [9.17, 15) is 26.7 Å². The predicted octanol–water partition coefficient (Wildman–Crippen LogP) is 5.51. The number of nitrogens with one attached hydrogen (secondary N) is 2. The Morgan fingerprint density at radius 2 is 2.00 bits per heavy atom. The lowest BCUT2D eigenvalue weighted by Crippen LogP contribution is -2.35. The predicted molar refractivity (Wildman–Crippen MR) is 129 cm³/mol. The van der Waals surface area contributed by atoms with Crippen LogP contribution >= 0.6 is 22.9 Å². The Morgan fingerprint density at radius 3 is 2.66 bits per heavy atom. The summed E-state index contributed by atoms with van der Waals surface area (Å²) in [6, 6.07) is 11.0. The fourth-order valence-corrected chi connectivity index (χ4v) is 6.61. The molecule has 1 fully saturated rings. The highest BCUT2D eigenvalue weighted by molar-refractivity contribution is 7.94. The van der Waals surface area contributed by atoms with Gasteiger partial charge in [-0.1, -0.05) is 29.8 Å². The van der Waals surface area contributed by atoms with Crippen LogP contribution in [0.5, 0.6) is 5.75 Å². The molecule has 1 aliphatic rings. The van der Waals surface area contributed by atoms with Crippen LogP contribution in [0.2, 0.25) is 5.02 Å². The van der Waals surface area contributed by atoms with Gasteiger partial charge in [0.05, 0.1) is 27.8 Å². The fraction of sp³-hybridized carbons (Fsp3) is 0.304. The zero-order chi connectivity index (χ0) is 25.4. The molecule has 0 bridgehead atoms. The van der Waals surface area contributed by atoms with Crippen molar-refractivity contribution in [3.8, 4) is 16.2 Å². The summed E-state index contributed by atoms with van der Waals surface area (Å²) < 4.78 is 74.8. The van der Waals surface area contributed by atoms with Crippen LogP contribution in [0.25, 0.3) is 10.4 Å². The molecule has 0 unspecified atom stereocenters. The van der Waals surface area contributed by atoms with Gasteiger partial charge in [0, 0.05) is 19.0 Å². The van der Waals surface area contributed by atoms with Crippen molar-refractivity contribution in [2.75, 3.05) is 17.8 Å². The van der Waals surface area contributed by atoms with Crippen LogP contribution in [0.15, 0.2) is 52.7 Å². The normalized spacial score (nSPS) is 18.6. The number of thiophene rings is 1. The third-order valence-electron chi connectivity index (χ3n) is 5.53. The monoisotopic (exact) mass is 546 g/mol. The quantitative estimate of drug-likeness (QED) is 0.364. The van der Waals surface area contributed by atoms with Crippen LogP contribution in [0.3, 0.4) is 0 Å². The maximum Gasteiger partial charge on any atom is 0.419 e. The molecular formula is C23H22ClF3N2O4S2. The minimum Gasteiger partial charge on any atom is -0.485 e. The van der Waals surface area contributed by atoms with Crippen LogP contribution in [0.4, 0.5) is 18.9 Å². The van der Waals surface area contributed by atoms with Gasteiger partial charge in [0.1, 0.15) is 15.6 Å². The minimum absolute atomic E-state index is 0.0732. The van der Waals surface area contributed by atoms with E-state index in [4.69, 9.17) is 16.3 Å². The molecule has 3 N–H and O–H groups in total. The first-order valence-corrected chi connectivity index (χ1v) is 13.2. The molecule has 0 spiro atoms. The topological polar surface area (TPSA) is 87.7 Å². The molecule has 35 heavy (non-hydrogen) atoms. The standard InChI is InChI=1S/C23H22ClF3N2O4S2/c1-22(7-8-28-13-22)33-19-10-16(5-6-17(19)23(25,26)27)29-35(31,32)20-11-18(24)21(34-20)15-4-2-3-14(9-15)12-30/h2-6,9-11,28-30H,7-8,12-13H2,1H3/t22-/m1/s1. The molecule has 6 nitrogen and oxygen atoms in total. The molecule has 2 aromatic carbocycles. The molecule has 0 radical (unpaired) electrons. The van der Waals surface area contributed by atoms with Gasteiger partial charge in [-0.05, 0) is 48.9 Å². The summed E-state index contributed by atoms with van der Waals surface area (Å²) in [5.74, 6) is -0.449. The fourth-order valence-electron chi connectivity index (χ4n) is 3.74. The second kappa shape index (κ2) is 9.62. The van der Waals surface area contributed by atoms with Crippen molar-refractivity contribution in [3.63, 3.8) is 0 Å². The van der Waals surface area contributed by atoms with E-state index in [1.54, 1.807) is 31.2 Å². The second-order valence-corrected chi connectivity index (χ2v) is 11.8. The molecule has 12 heteroatoms. The van der Waals surface area contributed by atoms with Crippen LogP contribution in [0.1, 0.15) is 24.5 Å². The van der Waals surface area contributed by atoms with Crippen molar-refractivity contribution in [1.29, 1.82) is 0 Å². The summed E-state index contributed by atoms with van der Waals surface area (Å²) >= 11 is 7.21. The number of hydrogen-bond acceptors (Lipinski definition) is 6. The van der Waals surface area contributed by atoms with Gasteiger partial charge in [-0.3, -0.25) is 4.72 Å². The Labute approximate surface area is 209 Å². The second-order valence-electron chi connectivity index (χ2n) is 8.39. The first-order valence-electron chi connectivity index (χ1n) is 10.5. The average molecular weight is 547 g/mol. The number of anilines is 1. The molecule has 1 aliphatic heterocycles. The molecule has 0 saturated carbocycles. The number of ether oxygens (including phenoxy) is 1. The molecule has 1 saturated heterocycles. The Hall–Kier alpha value is -2.31. The summed E-state index contributed by atoms with van der Waals surface area (Å²) in [6.07, 6.45) is -4.16. The number of rotatable bonds is 7. The molecule has 0 aliphatic carbocycles. The van der Waals surface area contributed by atoms with Crippen molar-refractivity contribution in [2.24, 2.45) is 0 Å². The van der Waals surface area contributed by atoms with Crippen LogP contribution in [-0.4, -0.2) is 32.2 Å². The molecule has 4 rings (SSSR count). The van der Waals surface area contributed by atoms with Gasteiger partial charge in [-0.15, -0.1) is 11.3 Å². The number of aliphatic hydroxyl groups excluding tert-OH is 1. The zero-order valence-corrected chi connectivity index (χ0v) is 20.8. The van der Waals surface area contributed by atoms with Crippen molar-refractivity contribution in [2.45, 2.75) is 35.9 Å². The van der Waals surface area contributed by atoms with Crippen molar-refractivity contribution in [3.05, 3.63) is 64.7 Å². The van der Waals surface area contributed by atoms with Crippen LogP contribution in [-0.2, 0) is 22.8 Å². The lowest BCUT2D eigenvalue weighted by Gasteiger charge is -2.27. The van der Waals surface area contributed by atoms with E-state index in [0.29, 0.717) is 35.5 Å². The number of hydrogen-bond donors (Lipinski definition) is 3. The molecule has 1 atom stereocenters. The highest BCUT2D eigenvalue weighted by Gasteiger charge is 2.38. The van der Waals surface area contributed by atoms with Gasteiger partial charge in [-0.25, -0.2) is 8.42 Å². The van der Waals surface area contributed by atoms with E-state index in [1.165, 1.54) is 6.07 Å². The van der Waals surface area contributed by atoms with E-state index in [2.05, 4.69) is 10.0 Å². The molecule has 188 valence electrons. The lowest BCUT2D eigenvalue weighted by molar-refractivity contribution is -0.139. The smallest absolute Gasteiger partial charge is 0.419 e. The maximum atomic E-state index is 13.6. The molecule has 0 amide bonds. The lowest BCUT2D eigenvalue weighted by atomic mass is 10.1. The molecule has 2 heterocycles. The van der Waals surface area contributed by atoms with Gasteiger partial charge >= 0.3 is 6.18 Å². The Bertz CT molecular complexity index is 1340. The van der Waals surface area contributed by atoms with Crippen molar-refractivity contribution < 1.29 is 31.4 Å². The summed E-state index contributed by atoms with van der Waals surface area (Å²) in [5, 5.41) is 12.6.